The van der Waals surface area contributed by atoms with Gasteiger partial charge in [-0.25, -0.2) is 0 Å². The topological polar surface area (TPSA) is 15.3 Å². The lowest BCUT2D eigenvalue weighted by atomic mass is 9.81. The molecule has 0 spiro atoms. The van der Waals surface area contributed by atoms with Gasteiger partial charge in [0, 0.05) is 6.54 Å². The van der Waals surface area contributed by atoms with Gasteiger partial charge >= 0.3 is 0 Å². The summed E-state index contributed by atoms with van der Waals surface area (Å²) in [6.45, 7) is 4.40. The van der Waals surface area contributed by atoms with Crippen LogP contribution >= 0.6 is 0 Å². The third kappa shape index (κ3) is 2.88. The van der Waals surface area contributed by atoms with E-state index >= 15 is 0 Å². The van der Waals surface area contributed by atoms with Crippen LogP contribution in [0.25, 0.3) is 0 Å². The van der Waals surface area contributed by atoms with Gasteiger partial charge in [-0.3, -0.25) is 0 Å². The number of piperidine rings is 1. The predicted octanol–water partition coefficient (Wildman–Crippen LogP) is 2.53. The summed E-state index contributed by atoms with van der Waals surface area (Å²) in [6.07, 6.45) is 3.88. The molecule has 1 N–H and O–H groups in total. The highest BCUT2D eigenvalue weighted by Crippen LogP contribution is 2.31. The standard InChI is InChI=1S/C15H24N2/c1-13-7-6-8-14(11-13)15(12-17(2)3)9-4-5-10-16-15/h6-8,11,16H,4-5,9-10,12H2,1-3H3. The highest BCUT2D eigenvalue weighted by molar-refractivity contribution is 5.30. The van der Waals surface area contributed by atoms with Crippen LogP contribution in [0, 0.1) is 6.92 Å². The van der Waals surface area contributed by atoms with Gasteiger partial charge in [-0.05, 0) is 52.4 Å². The lowest BCUT2D eigenvalue weighted by Gasteiger charge is -2.41. The maximum absolute atomic E-state index is 3.77. The summed E-state index contributed by atoms with van der Waals surface area (Å²) in [4.78, 5) is 2.29. The molecule has 1 aromatic carbocycles. The van der Waals surface area contributed by atoms with Gasteiger partial charge in [-0.2, -0.15) is 0 Å². The Morgan fingerprint density at radius 3 is 2.71 bits per heavy atom. The summed E-state index contributed by atoms with van der Waals surface area (Å²) < 4.78 is 0. The second-order valence-corrected chi connectivity index (χ2v) is 5.57. The van der Waals surface area contributed by atoms with Gasteiger partial charge in [0.25, 0.3) is 0 Å². The molecule has 0 saturated carbocycles. The van der Waals surface area contributed by atoms with Crippen molar-refractivity contribution in [3.63, 3.8) is 0 Å². The molecule has 0 aliphatic carbocycles. The van der Waals surface area contributed by atoms with E-state index in [1.807, 2.05) is 0 Å². The van der Waals surface area contributed by atoms with Gasteiger partial charge in [0.1, 0.15) is 0 Å². The zero-order valence-corrected chi connectivity index (χ0v) is 11.3. The maximum Gasteiger partial charge on any atom is 0.0563 e. The minimum atomic E-state index is 0.160. The van der Waals surface area contributed by atoms with Crippen LogP contribution in [0.4, 0.5) is 0 Å². The Hall–Kier alpha value is -0.860. The van der Waals surface area contributed by atoms with Crippen LogP contribution in [0.3, 0.4) is 0 Å². The number of hydrogen-bond donors (Lipinski definition) is 1. The Kier molecular flexibility index (Phi) is 3.85. The van der Waals surface area contributed by atoms with Crippen molar-refractivity contribution in [2.75, 3.05) is 27.2 Å². The molecule has 1 saturated heterocycles. The fourth-order valence-corrected chi connectivity index (χ4v) is 2.92. The molecule has 1 atom stereocenters. The summed E-state index contributed by atoms with van der Waals surface area (Å²) in [5.41, 5.74) is 2.97. The molecule has 1 unspecified atom stereocenters. The quantitative estimate of drug-likeness (QED) is 0.861. The number of nitrogens with zero attached hydrogens (tertiary/aromatic N) is 1. The maximum atomic E-state index is 3.77. The van der Waals surface area contributed by atoms with Crippen molar-refractivity contribution in [1.29, 1.82) is 0 Å². The van der Waals surface area contributed by atoms with Crippen molar-refractivity contribution >= 4 is 0 Å². The molecular formula is C15H24N2. The van der Waals surface area contributed by atoms with Crippen molar-refractivity contribution < 1.29 is 0 Å². The van der Waals surface area contributed by atoms with Crippen molar-refractivity contribution in [2.45, 2.75) is 31.7 Å². The first-order valence-corrected chi connectivity index (χ1v) is 6.59. The highest BCUT2D eigenvalue weighted by Gasteiger charge is 2.33. The number of rotatable bonds is 3. The molecule has 17 heavy (non-hydrogen) atoms. The average Bonchev–Trinajstić information content (AvgIpc) is 2.29. The molecule has 0 aromatic heterocycles. The predicted molar refractivity (Wildman–Crippen MR) is 73.3 cm³/mol. The summed E-state index contributed by atoms with van der Waals surface area (Å²) >= 11 is 0. The van der Waals surface area contributed by atoms with E-state index in [1.54, 1.807) is 0 Å². The van der Waals surface area contributed by atoms with Crippen molar-refractivity contribution in [3.8, 4) is 0 Å². The van der Waals surface area contributed by atoms with Gasteiger partial charge in [0.15, 0.2) is 0 Å². The molecular weight excluding hydrogens is 208 g/mol. The fraction of sp³-hybridized carbons (Fsp3) is 0.600. The molecule has 0 amide bonds. The van der Waals surface area contributed by atoms with Crippen LogP contribution in [-0.2, 0) is 5.54 Å². The summed E-state index contributed by atoms with van der Waals surface area (Å²) in [5, 5.41) is 3.77. The Balaban J connectivity index is 2.31. The van der Waals surface area contributed by atoms with Gasteiger partial charge in [0.05, 0.1) is 5.54 Å². The number of benzene rings is 1. The average molecular weight is 232 g/mol. The fourth-order valence-electron chi connectivity index (χ4n) is 2.92. The van der Waals surface area contributed by atoms with E-state index in [2.05, 4.69) is 55.5 Å². The summed E-state index contributed by atoms with van der Waals surface area (Å²) in [7, 11) is 4.32. The minimum absolute atomic E-state index is 0.160. The number of hydrogen-bond acceptors (Lipinski definition) is 2. The van der Waals surface area contributed by atoms with E-state index in [0.29, 0.717) is 0 Å². The van der Waals surface area contributed by atoms with Crippen LogP contribution in [0.2, 0.25) is 0 Å². The summed E-state index contributed by atoms with van der Waals surface area (Å²) in [5.74, 6) is 0. The number of nitrogens with one attached hydrogen (secondary N) is 1. The number of aryl methyl sites for hydroxylation is 1. The molecule has 1 fully saturated rings. The zero-order chi connectivity index (χ0) is 12.3. The second-order valence-electron chi connectivity index (χ2n) is 5.57. The van der Waals surface area contributed by atoms with Crippen LogP contribution < -0.4 is 5.32 Å². The normalized spacial score (nSPS) is 25.2. The van der Waals surface area contributed by atoms with Crippen molar-refractivity contribution in [1.82, 2.24) is 10.2 Å². The van der Waals surface area contributed by atoms with Crippen LogP contribution in [-0.4, -0.2) is 32.1 Å². The zero-order valence-electron chi connectivity index (χ0n) is 11.3. The van der Waals surface area contributed by atoms with Crippen molar-refractivity contribution in [2.24, 2.45) is 0 Å². The molecule has 0 bridgehead atoms. The molecule has 0 radical (unpaired) electrons. The monoisotopic (exact) mass is 232 g/mol. The molecule has 1 heterocycles. The smallest absolute Gasteiger partial charge is 0.0563 e. The third-order valence-corrected chi connectivity index (χ3v) is 3.65. The Labute approximate surface area is 105 Å². The van der Waals surface area contributed by atoms with Gasteiger partial charge in [-0.15, -0.1) is 0 Å². The van der Waals surface area contributed by atoms with Crippen LogP contribution in [0.5, 0.6) is 0 Å². The SMILES string of the molecule is Cc1cccc(C2(CN(C)C)CCCCN2)c1. The van der Waals surface area contributed by atoms with Gasteiger partial charge in [0.2, 0.25) is 0 Å². The molecule has 2 rings (SSSR count). The van der Waals surface area contributed by atoms with E-state index in [0.717, 1.165) is 13.1 Å². The first-order chi connectivity index (χ1) is 8.12. The van der Waals surface area contributed by atoms with Crippen LogP contribution in [0.1, 0.15) is 30.4 Å². The van der Waals surface area contributed by atoms with E-state index in [9.17, 15) is 0 Å². The minimum Gasteiger partial charge on any atom is -0.307 e. The first kappa shape index (κ1) is 12.6. The van der Waals surface area contributed by atoms with E-state index in [1.165, 1.54) is 30.4 Å². The Bertz CT molecular complexity index is 365. The molecule has 94 valence electrons. The largest absolute Gasteiger partial charge is 0.307 e. The molecule has 2 heteroatoms. The first-order valence-electron chi connectivity index (χ1n) is 6.59. The van der Waals surface area contributed by atoms with Gasteiger partial charge in [-0.1, -0.05) is 29.8 Å². The van der Waals surface area contributed by atoms with E-state index < -0.39 is 0 Å². The summed E-state index contributed by atoms with van der Waals surface area (Å²) in [6, 6.07) is 8.96. The van der Waals surface area contributed by atoms with Crippen molar-refractivity contribution in [3.05, 3.63) is 35.4 Å². The highest BCUT2D eigenvalue weighted by atomic mass is 15.1. The van der Waals surface area contributed by atoms with E-state index in [-0.39, 0.29) is 5.54 Å². The van der Waals surface area contributed by atoms with Gasteiger partial charge < -0.3 is 10.2 Å². The second kappa shape index (κ2) is 5.19. The van der Waals surface area contributed by atoms with Crippen LogP contribution in [0.15, 0.2) is 24.3 Å². The lowest BCUT2D eigenvalue weighted by molar-refractivity contribution is 0.190. The molecule has 1 aliphatic rings. The molecule has 1 aromatic rings. The Morgan fingerprint density at radius 2 is 2.12 bits per heavy atom. The van der Waals surface area contributed by atoms with E-state index in [4.69, 9.17) is 0 Å². The Morgan fingerprint density at radius 1 is 1.29 bits per heavy atom. The molecule has 1 aliphatic heterocycles. The third-order valence-electron chi connectivity index (χ3n) is 3.65. The molecule has 2 nitrogen and oxygen atoms in total. The number of likely N-dealkylation sites (N-methyl/N-ethyl adjacent to an activating group) is 1. The lowest BCUT2D eigenvalue weighted by Crippen LogP contribution is -2.52.